The van der Waals surface area contributed by atoms with E-state index in [-0.39, 0.29) is 0 Å². The van der Waals surface area contributed by atoms with Gasteiger partial charge in [0.1, 0.15) is 0 Å². The van der Waals surface area contributed by atoms with Crippen molar-refractivity contribution >= 4 is 29.0 Å². The minimum Gasteiger partial charge on any atom is -0.222 e. The molecule has 0 heterocycles. The zero-order valence-electron chi connectivity index (χ0n) is 14.5. The van der Waals surface area contributed by atoms with Gasteiger partial charge in [-0.25, -0.2) is 20.4 Å². The molecule has 4 rings (SSSR count). The maximum atomic E-state index is 8.35. The predicted octanol–water partition coefficient (Wildman–Crippen LogP) is 5.21. The number of benzene rings is 3. The van der Waals surface area contributed by atoms with Crippen molar-refractivity contribution in [3.05, 3.63) is 89.5 Å². The molecule has 130 valence electrons. The van der Waals surface area contributed by atoms with E-state index in [1.807, 2.05) is 18.2 Å². The molecule has 0 aromatic heterocycles. The number of hydrogen-bond acceptors (Lipinski definition) is 4. The Labute approximate surface area is 152 Å². The van der Waals surface area contributed by atoms with Crippen LogP contribution < -0.4 is 0 Å². The van der Waals surface area contributed by atoms with Crippen molar-refractivity contribution in [2.45, 2.75) is 13.3 Å². The molecule has 0 fully saturated rings. The molecule has 0 saturated carbocycles. The number of hydrogen-bond donors (Lipinski definition) is 2. The van der Waals surface area contributed by atoms with Crippen LogP contribution in [0, 0.1) is 17.7 Å². The fraction of sp³-hybridized carbons (Fsp3) is 0.0909. The smallest absolute Gasteiger partial charge is 0.222 e. The van der Waals surface area contributed by atoms with Crippen molar-refractivity contribution in [3.63, 3.8) is 0 Å². The normalized spacial score (nSPS) is 9.73. The lowest BCUT2D eigenvalue weighted by molar-refractivity contribution is 0.562. The molecule has 0 saturated heterocycles. The van der Waals surface area contributed by atoms with E-state index >= 15 is 0 Å². The first kappa shape index (κ1) is 20.5. The highest BCUT2D eigenvalue weighted by molar-refractivity contribution is 5.94. The second-order valence-electron chi connectivity index (χ2n) is 5.33. The summed E-state index contributed by atoms with van der Waals surface area (Å²) in [6.45, 7) is 2.08. The summed E-state index contributed by atoms with van der Waals surface area (Å²) >= 11 is 0. The maximum Gasteiger partial charge on any atom is 0.231 e. The predicted molar refractivity (Wildman–Crippen MR) is 105 cm³/mol. The molecule has 0 unspecified atom stereocenters. The minimum absolute atomic E-state index is 0.750. The van der Waals surface area contributed by atoms with Gasteiger partial charge in [0.2, 0.25) is 12.2 Å². The van der Waals surface area contributed by atoms with Gasteiger partial charge in [0, 0.05) is 0 Å². The lowest BCUT2D eigenvalue weighted by atomic mass is 9.93. The van der Waals surface area contributed by atoms with Crippen LogP contribution in [0.1, 0.15) is 16.7 Å². The van der Waals surface area contributed by atoms with Gasteiger partial charge in [0.25, 0.3) is 0 Å². The van der Waals surface area contributed by atoms with Crippen LogP contribution in [0.25, 0.3) is 16.8 Å². The van der Waals surface area contributed by atoms with Crippen molar-refractivity contribution in [2.24, 2.45) is 0 Å². The van der Waals surface area contributed by atoms with E-state index in [1.54, 1.807) is 0 Å². The van der Waals surface area contributed by atoms with Crippen LogP contribution in [-0.4, -0.2) is 12.2 Å². The van der Waals surface area contributed by atoms with Crippen molar-refractivity contribution in [3.8, 4) is 0 Å². The molecule has 0 radical (unpaired) electrons. The molecule has 1 aliphatic rings. The fourth-order valence-electron chi connectivity index (χ4n) is 2.61. The van der Waals surface area contributed by atoms with E-state index < -0.39 is 0 Å². The first-order valence-electron chi connectivity index (χ1n) is 7.94. The Morgan fingerprint density at radius 1 is 0.808 bits per heavy atom. The monoisotopic (exact) mass is 344 g/mol. The van der Waals surface area contributed by atoms with E-state index in [2.05, 4.69) is 67.6 Å². The Kier molecular flexibility index (Phi) is 9.35. The molecule has 0 amide bonds. The van der Waals surface area contributed by atoms with Crippen LogP contribution in [0.3, 0.4) is 0 Å². The quantitative estimate of drug-likeness (QED) is 0.434. The molecule has 1 aliphatic carbocycles. The molecule has 4 nitrogen and oxygen atoms in total. The van der Waals surface area contributed by atoms with Crippen LogP contribution >= 0.6 is 0 Å². The Morgan fingerprint density at radius 2 is 1.38 bits per heavy atom. The second-order valence-corrected chi connectivity index (χ2v) is 5.33. The van der Waals surface area contributed by atoms with Gasteiger partial charge in [-0.2, -0.15) is 0 Å². The zero-order chi connectivity index (χ0) is 19.2. The standard InChI is InChI=1S/C13H10.C7H8.2CHNO/c1-4-10-6-2-8-12-9-3-7-11(5-1)13(10)12;1-7-5-3-2-4-6-7;2*2-1-3/h1-8H,9H2;2-6H,1H3;2*2H. The van der Waals surface area contributed by atoms with Crippen molar-refractivity contribution in [2.75, 3.05) is 0 Å². The van der Waals surface area contributed by atoms with Gasteiger partial charge in [0.15, 0.2) is 0 Å². The highest BCUT2D eigenvalue weighted by atomic mass is 16.1. The van der Waals surface area contributed by atoms with Crippen LogP contribution in [0.2, 0.25) is 0 Å². The summed E-state index contributed by atoms with van der Waals surface area (Å²) in [6.07, 6.45) is 7.03. The first-order valence-corrected chi connectivity index (χ1v) is 7.94. The van der Waals surface area contributed by atoms with Gasteiger partial charge in [-0.1, -0.05) is 84.4 Å². The van der Waals surface area contributed by atoms with E-state index in [9.17, 15) is 0 Å². The van der Waals surface area contributed by atoms with Gasteiger partial charge in [0.05, 0.1) is 0 Å². The second kappa shape index (κ2) is 11.9. The van der Waals surface area contributed by atoms with Crippen LogP contribution in [0.4, 0.5) is 0 Å². The lowest BCUT2D eigenvalue weighted by Gasteiger charge is -2.11. The van der Waals surface area contributed by atoms with E-state index in [1.165, 1.54) is 27.5 Å². The third kappa shape index (κ3) is 6.50. The lowest BCUT2D eigenvalue weighted by Crippen LogP contribution is -1.91. The number of aryl methyl sites for hydroxylation is 1. The Balaban J connectivity index is 0.000000221. The Hall–Kier alpha value is -3.58. The molecular weight excluding hydrogens is 324 g/mol. The number of allylic oxidation sites excluding steroid dienone is 1. The highest BCUT2D eigenvalue weighted by Crippen LogP contribution is 2.27. The largest absolute Gasteiger partial charge is 0.231 e. The van der Waals surface area contributed by atoms with Gasteiger partial charge in [-0.05, 0) is 35.2 Å². The summed E-state index contributed by atoms with van der Waals surface area (Å²) < 4.78 is 0. The van der Waals surface area contributed by atoms with Crippen LogP contribution in [0.5, 0.6) is 0 Å². The SMILES string of the molecule is C1=Cc2cccc3cccc(c23)C1.Cc1ccccc1.N=C=O.N=C=O. The topological polar surface area (TPSA) is 81.8 Å². The molecule has 4 heteroatoms. The molecule has 26 heavy (non-hydrogen) atoms. The molecule has 3 aromatic rings. The Morgan fingerprint density at radius 3 is 1.92 bits per heavy atom. The summed E-state index contributed by atoms with van der Waals surface area (Å²) in [6, 6.07) is 23.3. The first-order chi connectivity index (χ1) is 12.7. The third-order valence-electron chi connectivity index (χ3n) is 3.60. The molecule has 3 aromatic carbocycles. The minimum atomic E-state index is 0.750. The molecule has 0 aliphatic heterocycles. The van der Waals surface area contributed by atoms with Gasteiger partial charge < -0.3 is 0 Å². The zero-order valence-corrected chi connectivity index (χ0v) is 14.5. The maximum absolute atomic E-state index is 8.35. The molecule has 0 bridgehead atoms. The number of rotatable bonds is 0. The van der Waals surface area contributed by atoms with Crippen LogP contribution in [0.15, 0.2) is 72.8 Å². The number of carbonyl (C=O) groups excluding carboxylic acids is 2. The fourth-order valence-corrected chi connectivity index (χ4v) is 2.61. The summed E-state index contributed by atoms with van der Waals surface area (Å²) in [7, 11) is 0. The van der Waals surface area contributed by atoms with Crippen LogP contribution in [-0.2, 0) is 16.0 Å². The summed E-state index contributed by atoms with van der Waals surface area (Å²) in [4.78, 5) is 16.7. The molecular formula is C22H20N2O2. The molecule has 0 atom stereocenters. The average Bonchev–Trinajstić information content (AvgIpc) is 2.65. The van der Waals surface area contributed by atoms with E-state index in [0.717, 1.165) is 18.6 Å². The van der Waals surface area contributed by atoms with Gasteiger partial charge in [-0.3, -0.25) is 0 Å². The summed E-state index contributed by atoms with van der Waals surface area (Å²) in [5, 5.41) is 13.6. The third-order valence-corrected chi connectivity index (χ3v) is 3.60. The van der Waals surface area contributed by atoms with Gasteiger partial charge in [-0.15, -0.1) is 0 Å². The summed E-state index contributed by atoms with van der Waals surface area (Å²) in [5.74, 6) is 0. The average molecular weight is 344 g/mol. The Bertz CT molecular complexity index is 902. The van der Waals surface area contributed by atoms with E-state index in [4.69, 9.17) is 20.4 Å². The van der Waals surface area contributed by atoms with Gasteiger partial charge >= 0.3 is 0 Å². The molecule has 2 N–H and O–H groups in total. The number of nitrogens with one attached hydrogen (secondary N) is 2. The van der Waals surface area contributed by atoms with E-state index in [0.29, 0.717) is 0 Å². The van der Waals surface area contributed by atoms with Crippen molar-refractivity contribution in [1.82, 2.24) is 0 Å². The molecule has 0 spiro atoms. The summed E-state index contributed by atoms with van der Waals surface area (Å²) in [5.41, 5.74) is 4.14. The number of isocyanates is 2. The highest BCUT2D eigenvalue weighted by Gasteiger charge is 2.06. The van der Waals surface area contributed by atoms with Crippen molar-refractivity contribution < 1.29 is 9.59 Å². The van der Waals surface area contributed by atoms with Crippen molar-refractivity contribution in [1.29, 1.82) is 10.8 Å².